The molecule has 1 amide bonds. The number of likely N-dealkylation sites (tertiary alicyclic amines) is 1. The molecule has 1 N–H and O–H groups in total. The lowest BCUT2D eigenvalue weighted by atomic mass is 9.81. The molecule has 0 spiro atoms. The molecule has 2 saturated heterocycles. The first-order chi connectivity index (χ1) is 12.9. The minimum atomic E-state index is -0.491. The summed E-state index contributed by atoms with van der Waals surface area (Å²) >= 11 is 0. The highest BCUT2D eigenvalue weighted by Crippen LogP contribution is 2.36. The molecule has 8 nitrogen and oxygen atoms in total. The summed E-state index contributed by atoms with van der Waals surface area (Å²) in [5, 5.41) is 3.29. The first-order valence-corrected chi connectivity index (χ1v) is 9.78. The van der Waals surface area contributed by atoms with E-state index in [0.29, 0.717) is 19.0 Å². The van der Waals surface area contributed by atoms with E-state index in [2.05, 4.69) is 15.3 Å². The van der Waals surface area contributed by atoms with Gasteiger partial charge in [0.05, 0.1) is 11.2 Å². The molecule has 0 unspecified atom stereocenters. The first-order valence-electron chi connectivity index (χ1n) is 9.78. The van der Waals surface area contributed by atoms with E-state index in [1.165, 1.54) is 0 Å². The number of ether oxygens (including phenoxy) is 1. The number of carbonyl (C=O) groups is 1. The Morgan fingerprint density at radius 2 is 1.79 bits per heavy atom. The largest absolute Gasteiger partial charge is 0.498 e. The second-order valence-corrected chi connectivity index (χ2v) is 9.48. The standard InChI is InChI=1S/C19H31BN4O4/c1-17(2,3)26-16(25)24-9-8-14(12-24)23-15-21-10-13(11-22-15)20-27-18(4,5)19(6,7)28-20/h10-11,14H,8-9,12H2,1-7H3,(H,21,22,23)/t14-/m1/s1. The molecule has 9 heteroatoms. The maximum absolute atomic E-state index is 12.2. The Balaban J connectivity index is 1.55. The van der Waals surface area contributed by atoms with Gasteiger partial charge in [-0.2, -0.15) is 0 Å². The van der Waals surface area contributed by atoms with Gasteiger partial charge in [0.2, 0.25) is 5.95 Å². The number of aromatic nitrogens is 2. The molecule has 2 aliphatic rings. The minimum Gasteiger partial charge on any atom is -0.444 e. The van der Waals surface area contributed by atoms with Crippen molar-refractivity contribution >= 4 is 24.6 Å². The van der Waals surface area contributed by atoms with Crippen molar-refractivity contribution in [2.75, 3.05) is 18.4 Å². The maximum Gasteiger partial charge on any atom is 0.498 e. The van der Waals surface area contributed by atoms with Gasteiger partial charge in [-0.15, -0.1) is 0 Å². The van der Waals surface area contributed by atoms with Crippen LogP contribution in [0.2, 0.25) is 0 Å². The topological polar surface area (TPSA) is 85.8 Å². The van der Waals surface area contributed by atoms with Gasteiger partial charge in [0.15, 0.2) is 0 Å². The lowest BCUT2D eigenvalue weighted by Crippen LogP contribution is -2.41. The van der Waals surface area contributed by atoms with Crippen molar-refractivity contribution in [1.29, 1.82) is 0 Å². The number of hydrogen-bond donors (Lipinski definition) is 1. The maximum atomic E-state index is 12.2. The third-order valence-electron chi connectivity index (χ3n) is 5.37. The number of nitrogens with zero attached hydrogens (tertiary/aromatic N) is 3. The van der Waals surface area contributed by atoms with Crippen molar-refractivity contribution in [3.8, 4) is 0 Å². The number of anilines is 1. The lowest BCUT2D eigenvalue weighted by Gasteiger charge is -2.32. The summed E-state index contributed by atoms with van der Waals surface area (Å²) in [7, 11) is -0.479. The second kappa shape index (κ2) is 7.19. The number of carbonyl (C=O) groups excluding carboxylic acids is 1. The van der Waals surface area contributed by atoms with E-state index in [4.69, 9.17) is 14.0 Å². The smallest absolute Gasteiger partial charge is 0.444 e. The van der Waals surface area contributed by atoms with Gasteiger partial charge in [-0.1, -0.05) is 0 Å². The highest BCUT2D eigenvalue weighted by atomic mass is 16.7. The Labute approximate surface area is 167 Å². The van der Waals surface area contributed by atoms with Gasteiger partial charge in [-0.05, 0) is 54.9 Å². The van der Waals surface area contributed by atoms with Crippen LogP contribution in [0, 0.1) is 0 Å². The molecule has 0 aromatic carbocycles. The average molecular weight is 390 g/mol. The van der Waals surface area contributed by atoms with Crippen molar-refractivity contribution in [3.63, 3.8) is 0 Å². The molecule has 3 rings (SSSR count). The second-order valence-electron chi connectivity index (χ2n) is 9.48. The molecule has 2 aliphatic heterocycles. The van der Waals surface area contributed by atoms with Crippen LogP contribution in [0.5, 0.6) is 0 Å². The van der Waals surface area contributed by atoms with Crippen LogP contribution in [0.3, 0.4) is 0 Å². The van der Waals surface area contributed by atoms with Crippen LogP contribution < -0.4 is 10.8 Å². The van der Waals surface area contributed by atoms with Crippen molar-refractivity contribution in [3.05, 3.63) is 12.4 Å². The number of rotatable bonds is 3. The molecular weight excluding hydrogens is 359 g/mol. The first kappa shape index (κ1) is 20.9. The van der Waals surface area contributed by atoms with E-state index >= 15 is 0 Å². The van der Waals surface area contributed by atoms with Crippen LogP contribution in [0.25, 0.3) is 0 Å². The van der Waals surface area contributed by atoms with Crippen molar-refractivity contribution in [1.82, 2.24) is 14.9 Å². The molecule has 0 radical (unpaired) electrons. The summed E-state index contributed by atoms with van der Waals surface area (Å²) in [5.41, 5.74) is -0.506. The Hall–Kier alpha value is -1.87. The van der Waals surface area contributed by atoms with E-state index < -0.39 is 23.9 Å². The Kier molecular flexibility index (Phi) is 5.35. The summed E-state index contributed by atoms with van der Waals surface area (Å²) < 4.78 is 17.5. The lowest BCUT2D eigenvalue weighted by molar-refractivity contribution is 0.00578. The van der Waals surface area contributed by atoms with Gasteiger partial charge in [-0.3, -0.25) is 0 Å². The van der Waals surface area contributed by atoms with E-state index in [1.807, 2.05) is 48.5 Å². The van der Waals surface area contributed by atoms with Crippen LogP contribution >= 0.6 is 0 Å². The number of amides is 1. The third-order valence-corrected chi connectivity index (χ3v) is 5.37. The molecule has 154 valence electrons. The van der Waals surface area contributed by atoms with Crippen molar-refractivity contribution < 1.29 is 18.8 Å². The summed E-state index contributed by atoms with van der Waals surface area (Å²) in [6.07, 6.45) is 3.98. The van der Waals surface area contributed by atoms with Gasteiger partial charge in [-0.25, -0.2) is 14.8 Å². The molecule has 0 saturated carbocycles. The minimum absolute atomic E-state index is 0.0928. The Morgan fingerprint density at radius 1 is 1.21 bits per heavy atom. The van der Waals surface area contributed by atoms with Crippen LogP contribution in [0.15, 0.2) is 12.4 Å². The highest BCUT2D eigenvalue weighted by molar-refractivity contribution is 6.61. The van der Waals surface area contributed by atoms with Crippen LogP contribution in [0.1, 0.15) is 54.9 Å². The summed E-state index contributed by atoms with van der Waals surface area (Å²) in [6, 6.07) is 0.0928. The van der Waals surface area contributed by atoms with E-state index in [1.54, 1.807) is 17.3 Å². The van der Waals surface area contributed by atoms with Gasteiger partial charge in [0, 0.05) is 37.0 Å². The van der Waals surface area contributed by atoms with E-state index in [0.717, 1.165) is 11.9 Å². The van der Waals surface area contributed by atoms with Crippen LogP contribution in [-0.2, 0) is 14.0 Å². The summed E-state index contributed by atoms with van der Waals surface area (Å²) in [4.78, 5) is 22.7. The fourth-order valence-electron chi connectivity index (χ4n) is 3.07. The molecule has 1 atom stereocenters. The van der Waals surface area contributed by atoms with E-state index in [9.17, 15) is 4.79 Å². The molecule has 28 heavy (non-hydrogen) atoms. The zero-order chi connectivity index (χ0) is 20.7. The van der Waals surface area contributed by atoms with Crippen molar-refractivity contribution in [2.45, 2.75) is 77.7 Å². The fourth-order valence-corrected chi connectivity index (χ4v) is 3.07. The number of nitrogens with one attached hydrogen (secondary N) is 1. The van der Waals surface area contributed by atoms with E-state index in [-0.39, 0.29) is 12.1 Å². The van der Waals surface area contributed by atoms with Crippen LogP contribution in [-0.4, -0.2) is 64.0 Å². The zero-order valence-corrected chi connectivity index (χ0v) is 17.9. The van der Waals surface area contributed by atoms with Gasteiger partial charge >= 0.3 is 13.2 Å². The molecule has 2 fully saturated rings. The molecular formula is C19H31BN4O4. The third kappa shape index (κ3) is 4.58. The predicted molar refractivity (Wildman–Crippen MR) is 108 cm³/mol. The van der Waals surface area contributed by atoms with Gasteiger partial charge in [0.25, 0.3) is 0 Å². The van der Waals surface area contributed by atoms with Gasteiger partial charge in [0.1, 0.15) is 5.60 Å². The van der Waals surface area contributed by atoms with Crippen molar-refractivity contribution in [2.24, 2.45) is 0 Å². The predicted octanol–water partition coefficient (Wildman–Crippen LogP) is 2.20. The SMILES string of the molecule is CC(C)(C)OC(=O)N1CC[C@@H](Nc2ncc(B3OC(C)(C)C(C)(C)O3)cn2)C1. The molecule has 0 bridgehead atoms. The Bertz CT molecular complexity index is 702. The summed E-state index contributed by atoms with van der Waals surface area (Å²) in [5.74, 6) is 0.524. The number of hydrogen-bond acceptors (Lipinski definition) is 7. The fraction of sp³-hybridized carbons (Fsp3) is 0.737. The zero-order valence-electron chi connectivity index (χ0n) is 17.9. The quantitative estimate of drug-likeness (QED) is 0.792. The Morgan fingerprint density at radius 3 is 2.32 bits per heavy atom. The average Bonchev–Trinajstić information content (AvgIpc) is 3.09. The normalized spacial score (nSPS) is 23.8. The van der Waals surface area contributed by atoms with Gasteiger partial charge < -0.3 is 24.3 Å². The monoisotopic (exact) mass is 390 g/mol. The molecule has 1 aromatic rings. The molecule has 3 heterocycles. The van der Waals surface area contributed by atoms with Crippen LogP contribution in [0.4, 0.5) is 10.7 Å². The molecule has 0 aliphatic carbocycles. The molecule has 1 aromatic heterocycles. The summed E-state index contributed by atoms with van der Waals surface area (Å²) in [6.45, 7) is 14.9. The highest BCUT2D eigenvalue weighted by Gasteiger charge is 2.52.